The number of rotatable bonds is 5. The van der Waals surface area contributed by atoms with E-state index in [0.717, 1.165) is 17.9 Å². The molecule has 0 unspecified atom stereocenters. The molecule has 29 heavy (non-hydrogen) atoms. The maximum absolute atomic E-state index is 12.9. The van der Waals surface area contributed by atoms with Crippen LogP contribution >= 0.6 is 11.6 Å². The lowest BCUT2D eigenvalue weighted by molar-refractivity contribution is 0.0923. The van der Waals surface area contributed by atoms with Gasteiger partial charge in [-0.25, -0.2) is 8.42 Å². The maximum atomic E-state index is 12.9. The van der Waals surface area contributed by atoms with E-state index in [1.54, 1.807) is 30.3 Å². The van der Waals surface area contributed by atoms with Gasteiger partial charge in [-0.15, -0.1) is 0 Å². The smallest absolute Gasteiger partial charge is 0.264 e. The fourth-order valence-corrected chi connectivity index (χ4v) is 6.10. The highest BCUT2D eigenvalue weighted by Gasteiger charge is 2.40. The average molecular weight is 433 g/mol. The van der Waals surface area contributed by atoms with Crippen LogP contribution < -0.4 is 9.62 Å². The number of nitrogens with one attached hydrogen (secondary N) is 1. The predicted octanol–water partition coefficient (Wildman–Crippen LogP) is 4.39. The normalized spacial score (nSPS) is 23.2. The highest BCUT2D eigenvalue weighted by molar-refractivity contribution is 7.92. The summed E-state index contributed by atoms with van der Waals surface area (Å²) < 4.78 is 27.1. The summed E-state index contributed by atoms with van der Waals surface area (Å²) in [5.41, 5.74) is 1.83. The SMILES string of the molecule is Cc1cc(C(=O)N[C@H]2C[C@@H]3CC[C@@H]2C3)ccc1N(C)S(=O)(=O)c1ccc(Cl)cc1. The maximum Gasteiger partial charge on any atom is 0.264 e. The van der Waals surface area contributed by atoms with Crippen LogP contribution in [-0.4, -0.2) is 27.4 Å². The highest BCUT2D eigenvalue weighted by atomic mass is 35.5. The summed E-state index contributed by atoms with van der Waals surface area (Å²) in [6.45, 7) is 1.82. The molecule has 2 aliphatic carbocycles. The fourth-order valence-electron chi connectivity index (χ4n) is 4.72. The molecule has 0 aromatic heterocycles. The molecule has 1 amide bonds. The molecule has 7 heteroatoms. The highest BCUT2D eigenvalue weighted by Crippen LogP contribution is 2.44. The van der Waals surface area contributed by atoms with Gasteiger partial charge in [0.15, 0.2) is 0 Å². The third-order valence-corrected chi connectivity index (χ3v) is 8.36. The number of carbonyl (C=O) groups is 1. The van der Waals surface area contributed by atoms with Crippen LogP contribution in [0.25, 0.3) is 0 Å². The molecule has 3 atom stereocenters. The zero-order valence-corrected chi connectivity index (χ0v) is 18.1. The van der Waals surface area contributed by atoms with E-state index in [-0.39, 0.29) is 16.8 Å². The second-order valence-electron chi connectivity index (χ2n) is 8.18. The first-order chi connectivity index (χ1) is 13.8. The Labute approximate surface area is 177 Å². The molecule has 0 heterocycles. The summed E-state index contributed by atoms with van der Waals surface area (Å²) >= 11 is 5.87. The van der Waals surface area contributed by atoms with Crippen molar-refractivity contribution in [2.24, 2.45) is 11.8 Å². The summed E-state index contributed by atoms with van der Waals surface area (Å²) in [5.74, 6) is 1.29. The number of anilines is 1. The monoisotopic (exact) mass is 432 g/mol. The number of amides is 1. The third-order valence-electron chi connectivity index (χ3n) is 6.32. The van der Waals surface area contributed by atoms with Crippen LogP contribution in [0.4, 0.5) is 5.69 Å². The molecule has 2 fully saturated rings. The van der Waals surface area contributed by atoms with Crippen molar-refractivity contribution in [1.82, 2.24) is 5.32 Å². The summed E-state index contributed by atoms with van der Waals surface area (Å²) in [4.78, 5) is 12.9. The Bertz CT molecular complexity index is 1040. The van der Waals surface area contributed by atoms with Crippen molar-refractivity contribution < 1.29 is 13.2 Å². The molecule has 0 saturated heterocycles. The van der Waals surface area contributed by atoms with Gasteiger partial charge in [-0.1, -0.05) is 18.0 Å². The van der Waals surface area contributed by atoms with Gasteiger partial charge in [-0.05, 0) is 86.1 Å². The fraction of sp³-hybridized carbons (Fsp3) is 0.409. The van der Waals surface area contributed by atoms with Crippen molar-refractivity contribution in [2.75, 3.05) is 11.4 Å². The van der Waals surface area contributed by atoms with Crippen molar-refractivity contribution in [1.29, 1.82) is 0 Å². The van der Waals surface area contributed by atoms with E-state index in [4.69, 9.17) is 11.6 Å². The lowest BCUT2D eigenvalue weighted by Crippen LogP contribution is -2.38. The van der Waals surface area contributed by atoms with Gasteiger partial charge in [0.05, 0.1) is 10.6 Å². The lowest BCUT2D eigenvalue weighted by atomic mass is 9.95. The molecule has 2 bridgehead atoms. The first kappa shape index (κ1) is 20.2. The van der Waals surface area contributed by atoms with Gasteiger partial charge in [-0.2, -0.15) is 0 Å². The van der Waals surface area contributed by atoms with Crippen molar-refractivity contribution in [3.05, 3.63) is 58.6 Å². The third kappa shape index (κ3) is 3.88. The number of carbonyl (C=O) groups excluding carboxylic acids is 1. The van der Waals surface area contributed by atoms with Crippen molar-refractivity contribution in [3.8, 4) is 0 Å². The molecule has 1 N–H and O–H groups in total. The van der Waals surface area contributed by atoms with Crippen LogP contribution in [0.1, 0.15) is 41.6 Å². The predicted molar refractivity (Wildman–Crippen MR) is 115 cm³/mol. The number of benzene rings is 2. The van der Waals surface area contributed by atoms with E-state index in [9.17, 15) is 13.2 Å². The first-order valence-corrected chi connectivity index (χ1v) is 11.7. The van der Waals surface area contributed by atoms with E-state index >= 15 is 0 Å². The largest absolute Gasteiger partial charge is 0.349 e. The Morgan fingerprint density at radius 1 is 1.10 bits per heavy atom. The topological polar surface area (TPSA) is 66.5 Å². The molecule has 154 valence electrons. The molecule has 0 radical (unpaired) electrons. The number of halogens is 1. The van der Waals surface area contributed by atoms with Crippen molar-refractivity contribution >= 4 is 33.2 Å². The van der Waals surface area contributed by atoms with E-state index in [1.165, 1.54) is 42.7 Å². The van der Waals surface area contributed by atoms with E-state index in [0.29, 0.717) is 22.2 Å². The molecule has 2 aromatic carbocycles. The van der Waals surface area contributed by atoms with Gasteiger partial charge in [-0.3, -0.25) is 9.10 Å². The zero-order valence-electron chi connectivity index (χ0n) is 16.6. The van der Waals surface area contributed by atoms with Gasteiger partial charge in [0.2, 0.25) is 0 Å². The first-order valence-electron chi connectivity index (χ1n) is 9.91. The van der Waals surface area contributed by atoms with Crippen LogP contribution in [0.5, 0.6) is 0 Å². The number of nitrogens with zero attached hydrogens (tertiary/aromatic N) is 1. The Morgan fingerprint density at radius 2 is 1.83 bits per heavy atom. The Morgan fingerprint density at radius 3 is 2.41 bits per heavy atom. The summed E-state index contributed by atoms with van der Waals surface area (Å²) in [5, 5.41) is 3.66. The number of hydrogen-bond donors (Lipinski definition) is 1. The van der Waals surface area contributed by atoms with E-state index in [2.05, 4.69) is 5.32 Å². The molecule has 2 aromatic rings. The molecule has 0 spiro atoms. The summed E-state index contributed by atoms with van der Waals surface area (Å²) in [6.07, 6.45) is 4.81. The zero-order chi connectivity index (χ0) is 20.8. The Hall–Kier alpha value is -2.05. The van der Waals surface area contributed by atoms with Gasteiger partial charge in [0.25, 0.3) is 15.9 Å². The molecule has 5 nitrogen and oxygen atoms in total. The van der Waals surface area contributed by atoms with E-state index in [1.807, 2.05) is 6.92 Å². The summed E-state index contributed by atoms with van der Waals surface area (Å²) in [6, 6.07) is 11.5. The number of hydrogen-bond acceptors (Lipinski definition) is 3. The minimum Gasteiger partial charge on any atom is -0.349 e. The average Bonchev–Trinajstić information content (AvgIpc) is 3.31. The Kier molecular flexibility index (Phi) is 5.34. The van der Waals surface area contributed by atoms with Gasteiger partial charge < -0.3 is 5.32 Å². The number of fused-ring (bicyclic) bond motifs is 2. The van der Waals surface area contributed by atoms with E-state index < -0.39 is 10.0 Å². The quantitative estimate of drug-likeness (QED) is 0.761. The molecule has 2 saturated carbocycles. The molecule has 2 aliphatic rings. The lowest BCUT2D eigenvalue weighted by Gasteiger charge is -2.24. The second-order valence-corrected chi connectivity index (χ2v) is 10.6. The minimum absolute atomic E-state index is 0.0830. The van der Waals surface area contributed by atoms with Gasteiger partial charge >= 0.3 is 0 Å². The van der Waals surface area contributed by atoms with Gasteiger partial charge in [0, 0.05) is 23.7 Å². The van der Waals surface area contributed by atoms with Crippen molar-refractivity contribution in [3.63, 3.8) is 0 Å². The molecular weight excluding hydrogens is 408 g/mol. The van der Waals surface area contributed by atoms with Crippen LogP contribution in [0.2, 0.25) is 5.02 Å². The number of aryl methyl sites for hydroxylation is 1. The van der Waals surface area contributed by atoms with Gasteiger partial charge in [0.1, 0.15) is 0 Å². The summed E-state index contributed by atoms with van der Waals surface area (Å²) in [7, 11) is -2.20. The van der Waals surface area contributed by atoms with Crippen LogP contribution in [0.3, 0.4) is 0 Å². The van der Waals surface area contributed by atoms with Crippen LogP contribution in [0, 0.1) is 18.8 Å². The van der Waals surface area contributed by atoms with Crippen LogP contribution in [0.15, 0.2) is 47.4 Å². The Balaban J connectivity index is 1.52. The second kappa shape index (κ2) is 7.65. The van der Waals surface area contributed by atoms with Crippen LogP contribution in [-0.2, 0) is 10.0 Å². The molecular formula is C22H25ClN2O3S. The standard InChI is InChI=1S/C22H25ClN2O3S/c1-14-11-17(22(26)24-20-13-15-3-4-16(20)12-15)5-10-21(14)25(2)29(27,28)19-8-6-18(23)7-9-19/h5-11,15-16,20H,3-4,12-13H2,1-2H3,(H,24,26)/t15-,16-,20+/m1/s1. The molecule has 0 aliphatic heterocycles. The molecule has 4 rings (SSSR count). The number of sulfonamides is 1. The van der Waals surface area contributed by atoms with Crippen molar-refractivity contribution in [2.45, 2.75) is 43.5 Å². The minimum atomic E-state index is -3.71.